The highest BCUT2D eigenvalue weighted by molar-refractivity contribution is 14.1. The molecule has 1 atom stereocenters. The number of rotatable bonds is 12. The first-order valence-corrected chi connectivity index (χ1v) is 14.1. The Hall–Kier alpha value is -2.88. The summed E-state index contributed by atoms with van der Waals surface area (Å²) in [6.45, 7) is 4.37. The van der Waals surface area contributed by atoms with Crippen LogP contribution >= 0.6 is 22.6 Å². The van der Waals surface area contributed by atoms with Gasteiger partial charge in [0.2, 0.25) is 15.9 Å². The number of nitrogens with zero attached hydrogens (tertiary/aromatic N) is 3. The first kappa shape index (κ1) is 28.7. The van der Waals surface area contributed by atoms with Crippen LogP contribution in [0.1, 0.15) is 37.9 Å². The van der Waals surface area contributed by atoms with Crippen LogP contribution in [0.5, 0.6) is 0 Å². The van der Waals surface area contributed by atoms with Gasteiger partial charge < -0.3 is 5.32 Å². The molecule has 4 N–H and O–H groups in total. The number of hydroxylamine groups is 1. The maximum absolute atomic E-state index is 12.6. The van der Waals surface area contributed by atoms with Crippen molar-refractivity contribution in [2.75, 3.05) is 5.32 Å². The first-order valence-electron chi connectivity index (χ1n) is 11.6. The average Bonchev–Trinajstić information content (AvgIpc) is 3.31. The third-order valence-electron chi connectivity index (χ3n) is 5.50. The number of amides is 2. The minimum Gasteiger partial charge on any atom is -0.325 e. The van der Waals surface area contributed by atoms with Crippen molar-refractivity contribution in [3.05, 3.63) is 69.6 Å². The molecule has 11 nitrogen and oxygen atoms in total. The van der Waals surface area contributed by atoms with Crippen molar-refractivity contribution in [2.45, 2.75) is 44.7 Å². The highest BCUT2D eigenvalue weighted by Crippen LogP contribution is 2.17. The van der Waals surface area contributed by atoms with Crippen LogP contribution in [0.25, 0.3) is 0 Å². The second-order valence-electron chi connectivity index (χ2n) is 8.87. The van der Waals surface area contributed by atoms with Crippen molar-refractivity contribution < 1.29 is 23.2 Å². The van der Waals surface area contributed by atoms with Crippen LogP contribution in [0, 0.1) is 15.4 Å². The van der Waals surface area contributed by atoms with Crippen molar-refractivity contribution >= 4 is 50.1 Å². The quantitative estimate of drug-likeness (QED) is 0.103. The fourth-order valence-corrected chi connectivity index (χ4v) is 4.79. The fraction of sp³-hybridized carbons (Fsp3) is 0.333. The molecule has 1 unspecified atom stereocenters. The second-order valence-corrected chi connectivity index (χ2v) is 11.9. The zero-order valence-electron chi connectivity index (χ0n) is 20.4. The molecule has 0 radical (unpaired) electrons. The van der Waals surface area contributed by atoms with E-state index in [1.165, 1.54) is 0 Å². The van der Waals surface area contributed by atoms with Gasteiger partial charge in [-0.1, -0.05) is 31.2 Å². The van der Waals surface area contributed by atoms with Crippen molar-refractivity contribution in [1.82, 2.24) is 25.2 Å². The van der Waals surface area contributed by atoms with Crippen molar-refractivity contribution in [3.63, 3.8) is 0 Å². The summed E-state index contributed by atoms with van der Waals surface area (Å²) in [5, 5.41) is 19.8. The summed E-state index contributed by atoms with van der Waals surface area (Å²) in [4.78, 5) is 24.7. The molecule has 2 amide bonds. The summed E-state index contributed by atoms with van der Waals surface area (Å²) in [6, 6.07) is 13.5. The normalized spacial score (nSPS) is 12.4. The summed E-state index contributed by atoms with van der Waals surface area (Å²) in [6.07, 6.45) is 2.64. The number of anilines is 1. The summed E-state index contributed by atoms with van der Waals surface area (Å²) < 4.78 is 29.9. The van der Waals surface area contributed by atoms with Crippen LogP contribution in [-0.2, 0) is 32.7 Å². The van der Waals surface area contributed by atoms with Gasteiger partial charge in [0.05, 0.1) is 29.9 Å². The van der Waals surface area contributed by atoms with Gasteiger partial charge in [0.25, 0.3) is 5.91 Å². The van der Waals surface area contributed by atoms with E-state index in [4.69, 9.17) is 5.21 Å². The lowest BCUT2D eigenvalue weighted by molar-refractivity contribution is -0.139. The van der Waals surface area contributed by atoms with Gasteiger partial charge >= 0.3 is 0 Å². The molecule has 0 spiro atoms. The number of carbonyl (C=O) groups excluding carboxylic acids is 2. The van der Waals surface area contributed by atoms with Crippen molar-refractivity contribution in [1.29, 1.82) is 0 Å². The Labute approximate surface area is 229 Å². The van der Waals surface area contributed by atoms with Gasteiger partial charge in [-0.3, -0.25) is 14.8 Å². The number of hydrogen-bond acceptors (Lipinski definition) is 7. The smallest absolute Gasteiger partial charge is 0.255 e. The third-order valence-corrected chi connectivity index (χ3v) is 7.63. The van der Waals surface area contributed by atoms with E-state index in [0.717, 1.165) is 9.13 Å². The molecule has 1 aromatic heterocycles. The highest BCUT2D eigenvalue weighted by atomic mass is 127. The minimum atomic E-state index is -3.66. The molecule has 198 valence electrons. The number of carbonyl (C=O) groups is 2. The van der Waals surface area contributed by atoms with E-state index in [1.807, 2.05) is 13.8 Å². The standard InChI is InChI=1S/C24H29IN6O5S/c1-16(2)3-12-22(24(33)29-34)23(32)27-19-8-4-17(5-9-19)14-31-15-20(28-30-31)13-26-37(35,36)21-10-6-18(25)7-11-21/h4-11,15-16,22,26,34H,3,12-14H2,1-2H3,(H,27,32)(H,29,33). The Morgan fingerprint density at radius 3 is 2.32 bits per heavy atom. The molecule has 0 aliphatic carbocycles. The minimum absolute atomic E-state index is 0.00131. The molecule has 13 heteroatoms. The Bertz CT molecular complexity index is 1310. The van der Waals surface area contributed by atoms with Crippen LogP contribution < -0.4 is 15.5 Å². The molecule has 37 heavy (non-hydrogen) atoms. The SMILES string of the molecule is CC(C)CCC(C(=O)NO)C(=O)Nc1ccc(Cn2cc(CNS(=O)(=O)c3ccc(I)cc3)nn2)cc1. The summed E-state index contributed by atoms with van der Waals surface area (Å²) in [5.41, 5.74) is 3.42. The van der Waals surface area contributed by atoms with E-state index in [1.54, 1.807) is 64.9 Å². The van der Waals surface area contributed by atoms with E-state index in [2.05, 4.69) is 42.9 Å². The first-order chi connectivity index (χ1) is 17.6. The van der Waals surface area contributed by atoms with Crippen LogP contribution in [0.15, 0.2) is 59.6 Å². The van der Waals surface area contributed by atoms with E-state index in [-0.39, 0.29) is 11.4 Å². The summed E-state index contributed by atoms with van der Waals surface area (Å²) >= 11 is 2.11. The van der Waals surface area contributed by atoms with Crippen LogP contribution in [-0.4, -0.2) is 40.4 Å². The third kappa shape index (κ3) is 8.59. The van der Waals surface area contributed by atoms with Gasteiger partial charge in [0.1, 0.15) is 5.92 Å². The second kappa shape index (κ2) is 13.1. The zero-order valence-corrected chi connectivity index (χ0v) is 23.4. The molecule has 0 saturated carbocycles. The fourth-order valence-electron chi connectivity index (χ4n) is 3.43. The van der Waals surface area contributed by atoms with Gasteiger partial charge in [-0.2, -0.15) is 0 Å². The molecule has 0 fully saturated rings. The number of nitrogens with one attached hydrogen (secondary N) is 3. The highest BCUT2D eigenvalue weighted by Gasteiger charge is 2.26. The van der Waals surface area contributed by atoms with Gasteiger partial charge in [-0.05, 0) is 83.3 Å². The number of aromatic nitrogens is 3. The number of halogens is 1. The van der Waals surface area contributed by atoms with Gasteiger partial charge in [0, 0.05) is 9.26 Å². The van der Waals surface area contributed by atoms with Gasteiger partial charge in [-0.25, -0.2) is 23.3 Å². The van der Waals surface area contributed by atoms with E-state index in [0.29, 0.717) is 36.7 Å². The van der Waals surface area contributed by atoms with Crippen LogP contribution in [0.4, 0.5) is 5.69 Å². The molecule has 3 rings (SSSR count). The van der Waals surface area contributed by atoms with E-state index in [9.17, 15) is 18.0 Å². The monoisotopic (exact) mass is 640 g/mol. The lowest BCUT2D eigenvalue weighted by Gasteiger charge is -2.16. The predicted octanol–water partition coefficient (Wildman–Crippen LogP) is 2.91. The lowest BCUT2D eigenvalue weighted by atomic mass is 9.96. The van der Waals surface area contributed by atoms with E-state index < -0.39 is 27.8 Å². The molecule has 1 heterocycles. The molecule has 3 aromatic rings. The lowest BCUT2D eigenvalue weighted by Crippen LogP contribution is -2.37. The number of benzene rings is 2. The Morgan fingerprint density at radius 2 is 1.70 bits per heavy atom. The topological polar surface area (TPSA) is 155 Å². The molecule has 0 bridgehead atoms. The molecule has 2 aromatic carbocycles. The molecule has 0 aliphatic heterocycles. The average molecular weight is 641 g/mol. The summed E-state index contributed by atoms with van der Waals surface area (Å²) in [7, 11) is -3.66. The number of hydrogen-bond donors (Lipinski definition) is 4. The van der Waals surface area contributed by atoms with Crippen molar-refractivity contribution in [3.8, 4) is 0 Å². The molecule has 0 aliphatic rings. The van der Waals surface area contributed by atoms with Crippen LogP contribution in [0.2, 0.25) is 0 Å². The Balaban J connectivity index is 1.55. The molecular formula is C24H29IN6O5S. The van der Waals surface area contributed by atoms with Gasteiger partial charge in [0.15, 0.2) is 0 Å². The molecule has 0 saturated heterocycles. The van der Waals surface area contributed by atoms with Gasteiger partial charge in [-0.15, -0.1) is 5.10 Å². The Morgan fingerprint density at radius 1 is 1.03 bits per heavy atom. The largest absolute Gasteiger partial charge is 0.325 e. The molecular weight excluding hydrogens is 611 g/mol. The van der Waals surface area contributed by atoms with E-state index >= 15 is 0 Å². The summed E-state index contributed by atoms with van der Waals surface area (Å²) in [5.74, 6) is -1.92. The zero-order chi connectivity index (χ0) is 27.0. The number of sulfonamides is 1. The van der Waals surface area contributed by atoms with Crippen LogP contribution in [0.3, 0.4) is 0 Å². The predicted molar refractivity (Wildman–Crippen MR) is 145 cm³/mol. The van der Waals surface area contributed by atoms with Crippen molar-refractivity contribution in [2.24, 2.45) is 11.8 Å². The Kier molecular flexibility index (Phi) is 10.1. The maximum atomic E-state index is 12.6. The maximum Gasteiger partial charge on any atom is 0.255 e.